The van der Waals surface area contributed by atoms with Crippen LogP contribution in [0.2, 0.25) is 5.02 Å². The van der Waals surface area contributed by atoms with E-state index < -0.39 is 0 Å². The summed E-state index contributed by atoms with van der Waals surface area (Å²) in [6, 6.07) is 13.9. The molecule has 0 fully saturated rings. The fraction of sp³-hybridized carbons (Fsp3) is 0. The molecular weight excluding hydrogens is 236 g/mol. The Morgan fingerprint density at radius 1 is 1.12 bits per heavy atom. The van der Waals surface area contributed by atoms with Crippen LogP contribution in [0.4, 0.5) is 5.69 Å². The third-order valence-electron chi connectivity index (χ3n) is 2.18. The number of hydrogen-bond donors (Lipinski definition) is 1. The summed E-state index contributed by atoms with van der Waals surface area (Å²) < 4.78 is 5.57. The van der Waals surface area contributed by atoms with Crippen molar-refractivity contribution in [3.05, 3.63) is 53.1 Å². The van der Waals surface area contributed by atoms with Crippen LogP contribution in [0, 0.1) is 11.3 Å². The Hall–Kier alpha value is -2.18. The molecule has 0 atom stereocenters. The highest BCUT2D eigenvalue weighted by Crippen LogP contribution is 2.28. The largest absolute Gasteiger partial charge is 0.455 e. The Kier molecular flexibility index (Phi) is 3.17. The van der Waals surface area contributed by atoms with Crippen molar-refractivity contribution in [2.75, 3.05) is 5.73 Å². The molecule has 0 aliphatic rings. The zero-order valence-corrected chi connectivity index (χ0v) is 9.61. The molecule has 0 saturated carbocycles. The first-order valence-electron chi connectivity index (χ1n) is 4.92. The van der Waals surface area contributed by atoms with Crippen LogP contribution >= 0.6 is 11.6 Å². The van der Waals surface area contributed by atoms with E-state index in [-0.39, 0.29) is 0 Å². The van der Waals surface area contributed by atoms with Crippen molar-refractivity contribution in [1.29, 1.82) is 5.26 Å². The van der Waals surface area contributed by atoms with Gasteiger partial charge in [-0.3, -0.25) is 0 Å². The second-order valence-electron chi connectivity index (χ2n) is 3.42. The van der Waals surface area contributed by atoms with Gasteiger partial charge in [-0.15, -0.1) is 0 Å². The number of hydrogen-bond acceptors (Lipinski definition) is 3. The Balaban J connectivity index is 2.25. The Labute approximate surface area is 104 Å². The lowest BCUT2D eigenvalue weighted by Gasteiger charge is -2.08. The van der Waals surface area contributed by atoms with E-state index in [1.54, 1.807) is 42.5 Å². The van der Waals surface area contributed by atoms with E-state index in [0.29, 0.717) is 27.8 Å². The van der Waals surface area contributed by atoms with E-state index in [0.717, 1.165) is 0 Å². The molecular formula is C13H9ClN2O. The number of nitrogen functional groups attached to an aromatic ring is 1. The minimum absolute atomic E-state index is 0.430. The molecule has 0 aromatic heterocycles. The predicted molar refractivity (Wildman–Crippen MR) is 67.1 cm³/mol. The summed E-state index contributed by atoms with van der Waals surface area (Å²) >= 11 is 5.77. The molecule has 2 N–H and O–H groups in total. The molecule has 84 valence electrons. The SMILES string of the molecule is N#Cc1ccc(Oc2ccc(Cl)cc2)c(N)c1. The molecule has 0 amide bonds. The van der Waals surface area contributed by atoms with Crippen molar-refractivity contribution in [1.82, 2.24) is 0 Å². The molecule has 0 aliphatic carbocycles. The third-order valence-corrected chi connectivity index (χ3v) is 2.43. The molecule has 17 heavy (non-hydrogen) atoms. The number of nitrogens with two attached hydrogens (primary N) is 1. The fourth-order valence-corrected chi connectivity index (χ4v) is 1.47. The summed E-state index contributed by atoms with van der Waals surface area (Å²) in [7, 11) is 0. The first-order valence-corrected chi connectivity index (χ1v) is 5.30. The predicted octanol–water partition coefficient (Wildman–Crippen LogP) is 3.59. The maximum Gasteiger partial charge on any atom is 0.150 e. The average molecular weight is 245 g/mol. The van der Waals surface area contributed by atoms with Gasteiger partial charge >= 0.3 is 0 Å². The van der Waals surface area contributed by atoms with E-state index in [4.69, 9.17) is 27.3 Å². The first-order chi connectivity index (χ1) is 8.19. The molecule has 0 bridgehead atoms. The number of nitrogens with zero attached hydrogens (tertiary/aromatic N) is 1. The zero-order valence-electron chi connectivity index (χ0n) is 8.85. The average Bonchev–Trinajstić information content (AvgIpc) is 2.34. The van der Waals surface area contributed by atoms with Crippen LogP contribution in [0.1, 0.15) is 5.56 Å². The summed E-state index contributed by atoms with van der Waals surface area (Å²) in [5.41, 5.74) is 6.71. The monoisotopic (exact) mass is 244 g/mol. The topological polar surface area (TPSA) is 59.0 Å². The second-order valence-corrected chi connectivity index (χ2v) is 3.86. The van der Waals surface area contributed by atoms with E-state index >= 15 is 0 Å². The van der Waals surface area contributed by atoms with Crippen LogP contribution in [0.5, 0.6) is 11.5 Å². The minimum Gasteiger partial charge on any atom is -0.455 e. The van der Waals surface area contributed by atoms with Crippen molar-refractivity contribution in [3.63, 3.8) is 0 Å². The minimum atomic E-state index is 0.430. The lowest BCUT2D eigenvalue weighted by molar-refractivity contribution is 0.485. The fourth-order valence-electron chi connectivity index (χ4n) is 1.34. The lowest BCUT2D eigenvalue weighted by Crippen LogP contribution is -1.92. The van der Waals surface area contributed by atoms with Crippen LogP contribution in [-0.4, -0.2) is 0 Å². The van der Waals surface area contributed by atoms with Crippen LogP contribution < -0.4 is 10.5 Å². The second kappa shape index (κ2) is 4.77. The number of benzene rings is 2. The molecule has 2 rings (SSSR count). The van der Waals surface area contributed by atoms with Crippen LogP contribution in [0.15, 0.2) is 42.5 Å². The van der Waals surface area contributed by atoms with Crippen LogP contribution in [-0.2, 0) is 0 Å². The highest BCUT2D eigenvalue weighted by molar-refractivity contribution is 6.30. The van der Waals surface area contributed by atoms with E-state index in [9.17, 15) is 0 Å². The smallest absolute Gasteiger partial charge is 0.150 e. The van der Waals surface area contributed by atoms with Gasteiger partial charge in [-0.25, -0.2) is 0 Å². The Bertz CT molecular complexity index is 573. The van der Waals surface area contributed by atoms with Gasteiger partial charge in [0.05, 0.1) is 17.3 Å². The summed E-state index contributed by atoms with van der Waals surface area (Å²) in [4.78, 5) is 0. The molecule has 0 radical (unpaired) electrons. The Morgan fingerprint density at radius 2 is 1.82 bits per heavy atom. The zero-order chi connectivity index (χ0) is 12.3. The van der Waals surface area contributed by atoms with Crippen molar-refractivity contribution in [2.24, 2.45) is 0 Å². The lowest BCUT2D eigenvalue weighted by atomic mass is 10.2. The Morgan fingerprint density at radius 3 is 2.41 bits per heavy atom. The van der Waals surface area contributed by atoms with Gasteiger partial charge < -0.3 is 10.5 Å². The van der Waals surface area contributed by atoms with Gasteiger partial charge in [-0.1, -0.05) is 11.6 Å². The van der Waals surface area contributed by atoms with Gasteiger partial charge in [-0.2, -0.15) is 5.26 Å². The van der Waals surface area contributed by atoms with Gasteiger partial charge in [0.1, 0.15) is 11.5 Å². The van der Waals surface area contributed by atoms with Gasteiger partial charge in [0, 0.05) is 5.02 Å². The normalized spacial score (nSPS) is 9.65. The van der Waals surface area contributed by atoms with Crippen molar-refractivity contribution in [2.45, 2.75) is 0 Å². The maximum atomic E-state index is 8.71. The highest BCUT2D eigenvalue weighted by Gasteiger charge is 2.03. The number of rotatable bonds is 2. The van der Waals surface area contributed by atoms with E-state index in [1.807, 2.05) is 6.07 Å². The molecule has 3 nitrogen and oxygen atoms in total. The number of halogens is 1. The summed E-state index contributed by atoms with van der Waals surface area (Å²) in [6.45, 7) is 0. The maximum absolute atomic E-state index is 8.71. The van der Waals surface area contributed by atoms with Crippen LogP contribution in [0.25, 0.3) is 0 Å². The quantitative estimate of drug-likeness (QED) is 0.822. The highest BCUT2D eigenvalue weighted by atomic mass is 35.5. The van der Waals surface area contributed by atoms with Crippen LogP contribution in [0.3, 0.4) is 0 Å². The van der Waals surface area contributed by atoms with Crippen molar-refractivity contribution in [3.8, 4) is 17.6 Å². The molecule has 4 heteroatoms. The van der Waals surface area contributed by atoms with E-state index in [2.05, 4.69) is 0 Å². The number of nitriles is 1. The molecule has 0 saturated heterocycles. The summed E-state index contributed by atoms with van der Waals surface area (Å²) in [5, 5.41) is 9.36. The molecule has 0 unspecified atom stereocenters. The van der Waals surface area contributed by atoms with Crippen molar-refractivity contribution >= 4 is 17.3 Å². The third kappa shape index (κ3) is 2.68. The standard InChI is InChI=1S/C13H9ClN2O/c14-10-2-4-11(5-3-10)17-13-6-1-9(8-15)7-12(13)16/h1-7H,16H2. The summed E-state index contributed by atoms with van der Waals surface area (Å²) in [5.74, 6) is 1.16. The van der Waals surface area contributed by atoms with Gasteiger partial charge in [-0.05, 0) is 42.5 Å². The van der Waals surface area contributed by atoms with Gasteiger partial charge in [0.25, 0.3) is 0 Å². The van der Waals surface area contributed by atoms with Crippen molar-refractivity contribution < 1.29 is 4.74 Å². The number of ether oxygens (including phenoxy) is 1. The van der Waals surface area contributed by atoms with Gasteiger partial charge in [0.15, 0.2) is 0 Å². The summed E-state index contributed by atoms with van der Waals surface area (Å²) in [6.07, 6.45) is 0. The number of anilines is 1. The molecule has 0 spiro atoms. The molecule has 2 aromatic carbocycles. The first kappa shape index (κ1) is 11.3. The van der Waals surface area contributed by atoms with E-state index in [1.165, 1.54) is 0 Å². The molecule has 0 aliphatic heterocycles. The molecule has 0 heterocycles. The molecule has 2 aromatic rings. The van der Waals surface area contributed by atoms with Gasteiger partial charge in [0.2, 0.25) is 0 Å².